The summed E-state index contributed by atoms with van der Waals surface area (Å²) in [7, 11) is 3.65. The van der Waals surface area contributed by atoms with Gasteiger partial charge in [-0.2, -0.15) is 0 Å². The first-order valence-electron chi connectivity index (χ1n) is 7.72. The summed E-state index contributed by atoms with van der Waals surface area (Å²) in [5, 5.41) is 3.20. The molecule has 1 rings (SSSR count). The first-order valence-corrected chi connectivity index (χ1v) is 7.72. The van der Waals surface area contributed by atoms with E-state index in [4.69, 9.17) is 9.47 Å². The number of rotatable bonds is 11. The average molecular weight is 279 g/mol. The second-order valence-corrected chi connectivity index (χ2v) is 5.10. The molecule has 20 heavy (non-hydrogen) atoms. The summed E-state index contributed by atoms with van der Waals surface area (Å²) < 4.78 is 11.2. The topological polar surface area (TPSA) is 30.5 Å². The lowest BCUT2D eigenvalue weighted by Crippen LogP contribution is -2.20. The van der Waals surface area contributed by atoms with Crippen molar-refractivity contribution in [3.8, 4) is 5.75 Å². The van der Waals surface area contributed by atoms with E-state index >= 15 is 0 Å². The highest BCUT2D eigenvalue weighted by Crippen LogP contribution is 2.20. The molecular formula is C17H29NO2. The second kappa shape index (κ2) is 10.7. The standard InChI is InChI=1S/C17H29NO2/c1-4-5-6-7-8-13-20-17(14-18-2)15-9-11-16(19-3)12-10-15/h9-12,17-18H,4-8,13-14H2,1-3H3. The molecule has 1 unspecified atom stereocenters. The third-order valence-electron chi connectivity index (χ3n) is 3.44. The Kier molecular flexibility index (Phi) is 9.09. The molecular weight excluding hydrogens is 250 g/mol. The lowest BCUT2D eigenvalue weighted by atomic mass is 10.1. The zero-order valence-electron chi connectivity index (χ0n) is 13.2. The largest absolute Gasteiger partial charge is 0.497 e. The van der Waals surface area contributed by atoms with Crippen LogP contribution in [0, 0.1) is 0 Å². The van der Waals surface area contributed by atoms with Gasteiger partial charge >= 0.3 is 0 Å². The molecule has 1 aromatic rings. The molecule has 0 aliphatic carbocycles. The molecule has 1 N–H and O–H groups in total. The van der Waals surface area contributed by atoms with E-state index in [2.05, 4.69) is 24.4 Å². The molecule has 0 amide bonds. The van der Waals surface area contributed by atoms with Gasteiger partial charge in [-0.25, -0.2) is 0 Å². The van der Waals surface area contributed by atoms with E-state index in [1.54, 1.807) is 7.11 Å². The van der Waals surface area contributed by atoms with Crippen LogP contribution in [0.2, 0.25) is 0 Å². The Morgan fingerprint density at radius 3 is 2.35 bits per heavy atom. The molecule has 114 valence electrons. The van der Waals surface area contributed by atoms with Crippen LogP contribution in [0.1, 0.15) is 50.7 Å². The van der Waals surface area contributed by atoms with Crippen molar-refractivity contribution < 1.29 is 9.47 Å². The molecule has 0 radical (unpaired) electrons. The molecule has 0 aromatic heterocycles. The van der Waals surface area contributed by atoms with Gasteiger partial charge in [-0.15, -0.1) is 0 Å². The van der Waals surface area contributed by atoms with Crippen LogP contribution >= 0.6 is 0 Å². The van der Waals surface area contributed by atoms with Gasteiger partial charge in [0, 0.05) is 13.2 Å². The molecule has 1 aromatic carbocycles. The van der Waals surface area contributed by atoms with Gasteiger partial charge in [0.15, 0.2) is 0 Å². The van der Waals surface area contributed by atoms with Crippen LogP contribution in [0.5, 0.6) is 5.75 Å². The van der Waals surface area contributed by atoms with Crippen LogP contribution in [0.25, 0.3) is 0 Å². The molecule has 3 heteroatoms. The predicted molar refractivity (Wildman–Crippen MR) is 84.4 cm³/mol. The number of hydrogen-bond acceptors (Lipinski definition) is 3. The summed E-state index contributed by atoms with van der Waals surface area (Å²) in [6.45, 7) is 3.91. The Labute approximate surface area is 123 Å². The first-order chi connectivity index (χ1) is 9.81. The van der Waals surface area contributed by atoms with Crippen LogP contribution in [-0.2, 0) is 4.74 Å². The van der Waals surface area contributed by atoms with Crippen LogP contribution in [0.4, 0.5) is 0 Å². The van der Waals surface area contributed by atoms with E-state index in [9.17, 15) is 0 Å². The van der Waals surface area contributed by atoms with Crippen LogP contribution in [0.3, 0.4) is 0 Å². The zero-order chi connectivity index (χ0) is 14.6. The lowest BCUT2D eigenvalue weighted by Gasteiger charge is -2.18. The Morgan fingerprint density at radius 1 is 1.05 bits per heavy atom. The van der Waals surface area contributed by atoms with E-state index in [0.29, 0.717) is 0 Å². The molecule has 0 bridgehead atoms. The van der Waals surface area contributed by atoms with Crippen LogP contribution < -0.4 is 10.1 Å². The van der Waals surface area contributed by atoms with E-state index in [0.717, 1.165) is 25.3 Å². The van der Waals surface area contributed by atoms with Gasteiger partial charge in [-0.05, 0) is 31.2 Å². The Balaban J connectivity index is 2.38. The normalized spacial score (nSPS) is 12.3. The zero-order valence-corrected chi connectivity index (χ0v) is 13.2. The van der Waals surface area contributed by atoms with Crippen molar-refractivity contribution in [2.45, 2.75) is 45.1 Å². The molecule has 0 aliphatic heterocycles. The number of hydrogen-bond donors (Lipinski definition) is 1. The van der Waals surface area contributed by atoms with Crippen molar-refractivity contribution in [3.05, 3.63) is 29.8 Å². The van der Waals surface area contributed by atoms with E-state index in [1.807, 2.05) is 19.2 Å². The van der Waals surface area contributed by atoms with Gasteiger partial charge in [-0.3, -0.25) is 0 Å². The van der Waals surface area contributed by atoms with Gasteiger partial charge in [-0.1, -0.05) is 44.7 Å². The fourth-order valence-corrected chi connectivity index (χ4v) is 2.21. The maximum atomic E-state index is 6.02. The number of ether oxygens (including phenoxy) is 2. The van der Waals surface area contributed by atoms with Crippen LogP contribution in [-0.4, -0.2) is 27.3 Å². The molecule has 0 saturated heterocycles. The molecule has 0 spiro atoms. The molecule has 0 saturated carbocycles. The van der Waals surface area contributed by atoms with E-state index in [-0.39, 0.29) is 6.10 Å². The lowest BCUT2D eigenvalue weighted by molar-refractivity contribution is 0.0511. The minimum absolute atomic E-state index is 0.122. The monoisotopic (exact) mass is 279 g/mol. The maximum absolute atomic E-state index is 6.02. The van der Waals surface area contributed by atoms with Crippen molar-refractivity contribution in [1.82, 2.24) is 5.32 Å². The highest BCUT2D eigenvalue weighted by atomic mass is 16.5. The Hall–Kier alpha value is -1.06. The number of likely N-dealkylation sites (N-methyl/N-ethyl adjacent to an activating group) is 1. The Bertz CT molecular complexity index is 337. The van der Waals surface area contributed by atoms with E-state index < -0.39 is 0 Å². The van der Waals surface area contributed by atoms with Crippen LogP contribution in [0.15, 0.2) is 24.3 Å². The molecule has 1 atom stereocenters. The number of methoxy groups -OCH3 is 1. The van der Waals surface area contributed by atoms with Crippen molar-refractivity contribution >= 4 is 0 Å². The quantitative estimate of drug-likeness (QED) is 0.622. The minimum Gasteiger partial charge on any atom is -0.497 e. The van der Waals surface area contributed by atoms with Crippen molar-refractivity contribution in [2.75, 3.05) is 27.3 Å². The van der Waals surface area contributed by atoms with E-state index in [1.165, 1.54) is 31.2 Å². The minimum atomic E-state index is 0.122. The smallest absolute Gasteiger partial charge is 0.118 e. The van der Waals surface area contributed by atoms with Gasteiger partial charge in [0.2, 0.25) is 0 Å². The van der Waals surface area contributed by atoms with Crippen molar-refractivity contribution in [3.63, 3.8) is 0 Å². The van der Waals surface area contributed by atoms with Gasteiger partial charge in [0.05, 0.1) is 13.2 Å². The third-order valence-corrected chi connectivity index (χ3v) is 3.44. The SMILES string of the molecule is CCCCCCCOC(CNC)c1ccc(OC)cc1. The molecule has 3 nitrogen and oxygen atoms in total. The fourth-order valence-electron chi connectivity index (χ4n) is 2.21. The predicted octanol–water partition coefficient (Wildman–Crippen LogP) is 3.94. The maximum Gasteiger partial charge on any atom is 0.118 e. The summed E-state index contributed by atoms with van der Waals surface area (Å²) in [6, 6.07) is 8.14. The summed E-state index contributed by atoms with van der Waals surface area (Å²) in [5.41, 5.74) is 1.20. The highest BCUT2D eigenvalue weighted by Gasteiger charge is 2.11. The molecule has 0 heterocycles. The van der Waals surface area contributed by atoms with Gasteiger partial charge in [0.1, 0.15) is 5.75 Å². The fraction of sp³-hybridized carbons (Fsp3) is 0.647. The average Bonchev–Trinajstić information content (AvgIpc) is 2.50. The number of benzene rings is 1. The van der Waals surface area contributed by atoms with Crippen molar-refractivity contribution in [1.29, 1.82) is 0 Å². The number of unbranched alkanes of at least 4 members (excludes halogenated alkanes) is 4. The molecule has 0 aliphatic rings. The third kappa shape index (κ3) is 6.40. The molecule has 0 fully saturated rings. The number of nitrogens with one attached hydrogen (secondary N) is 1. The Morgan fingerprint density at radius 2 is 1.75 bits per heavy atom. The summed E-state index contributed by atoms with van der Waals surface area (Å²) >= 11 is 0. The second-order valence-electron chi connectivity index (χ2n) is 5.10. The summed E-state index contributed by atoms with van der Waals surface area (Å²) in [6.07, 6.45) is 6.48. The summed E-state index contributed by atoms with van der Waals surface area (Å²) in [5.74, 6) is 0.886. The van der Waals surface area contributed by atoms with Crippen molar-refractivity contribution in [2.24, 2.45) is 0 Å². The first kappa shape index (κ1) is 17.0. The van der Waals surface area contributed by atoms with Gasteiger partial charge < -0.3 is 14.8 Å². The van der Waals surface area contributed by atoms with Gasteiger partial charge in [0.25, 0.3) is 0 Å². The highest BCUT2D eigenvalue weighted by molar-refractivity contribution is 5.28. The summed E-state index contributed by atoms with van der Waals surface area (Å²) in [4.78, 5) is 0.